The number of fused-ring (bicyclic) bond motifs is 1. The summed E-state index contributed by atoms with van der Waals surface area (Å²) in [6.45, 7) is 11.0. The summed E-state index contributed by atoms with van der Waals surface area (Å²) in [5, 5.41) is 11.2. The number of benzene rings is 2. The standard InChI is InChI=1S/C27H32O.CH3.2ClH.Ti/c1-17-14-23(26(28)24(15-17)27(3,4)5)21-12-8-9-13-22(21)25-18(2)16-19-10-6-7-11-20(19)25;;;;/h6-15,18-20,25,28H,16H2,1-5H3;1H3;2*1H;/q;-1;;;+2/p-2. The van der Waals surface area contributed by atoms with Crippen molar-refractivity contribution in [3.05, 3.63) is 84.8 Å². The van der Waals surface area contributed by atoms with E-state index < -0.39 is 17.0 Å². The van der Waals surface area contributed by atoms with Crippen LogP contribution < -0.4 is 0 Å². The number of rotatable bonds is 2. The Bertz CT molecular complexity index is 974. The molecule has 4 rings (SSSR count). The SMILES string of the molecule is Cc1cc(-c2ccccc2C2C(C)CC3C=CC=CC32)c(O)c(C(C)(C)C)c1.[CH3-].[Cl][Ti][Cl]. The quantitative estimate of drug-likeness (QED) is 0.318. The van der Waals surface area contributed by atoms with Crippen LogP contribution in [0.25, 0.3) is 11.1 Å². The number of hydrogen-bond donors (Lipinski definition) is 1. The molecule has 1 fully saturated rings. The molecule has 4 unspecified atom stereocenters. The summed E-state index contributed by atoms with van der Waals surface area (Å²) in [5.41, 5.74) is 5.67. The molecule has 2 aromatic carbocycles. The summed E-state index contributed by atoms with van der Waals surface area (Å²) in [6.07, 6.45) is 10.4. The Kier molecular flexibility index (Phi) is 9.74. The van der Waals surface area contributed by atoms with Gasteiger partial charge < -0.3 is 12.5 Å². The van der Waals surface area contributed by atoms with Gasteiger partial charge in [-0.1, -0.05) is 82.3 Å². The Balaban J connectivity index is 0.000000860. The second-order valence-electron chi connectivity index (χ2n) is 9.87. The van der Waals surface area contributed by atoms with Crippen molar-refractivity contribution in [1.29, 1.82) is 0 Å². The number of halogens is 2. The molecule has 0 saturated heterocycles. The molecule has 0 heterocycles. The fraction of sp³-hybridized carbons (Fsp3) is 0.393. The summed E-state index contributed by atoms with van der Waals surface area (Å²) in [6, 6.07) is 13.0. The minimum atomic E-state index is -0.556. The van der Waals surface area contributed by atoms with Crippen molar-refractivity contribution in [2.24, 2.45) is 17.8 Å². The Morgan fingerprint density at radius 1 is 1.00 bits per heavy atom. The van der Waals surface area contributed by atoms with E-state index in [4.69, 9.17) is 18.6 Å². The molecule has 1 N–H and O–H groups in total. The number of aromatic hydroxyl groups is 1. The van der Waals surface area contributed by atoms with Crippen molar-refractivity contribution < 1.29 is 22.1 Å². The summed E-state index contributed by atoms with van der Waals surface area (Å²) >= 11 is -0.556. The maximum atomic E-state index is 11.2. The van der Waals surface area contributed by atoms with Crippen LogP contribution >= 0.6 is 18.6 Å². The molecular formula is C28H35Cl2OTi-. The van der Waals surface area contributed by atoms with Crippen molar-refractivity contribution in [1.82, 2.24) is 0 Å². The fourth-order valence-electron chi connectivity index (χ4n) is 5.35. The van der Waals surface area contributed by atoms with Crippen LogP contribution in [0.1, 0.15) is 56.7 Å². The van der Waals surface area contributed by atoms with Crippen LogP contribution in [-0.2, 0) is 22.4 Å². The first-order valence-corrected chi connectivity index (χ1v) is 15.2. The third kappa shape index (κ3) is 5.73. The number of hydrogen-bond acceptors (Lipinski definition) is 1. The third-order valence-corrected chi connectivity index (χ3v) is 6.64. The van der Waals surface area contributed by atoms with Crippen LogP contribution in [0.5, 0.6) is 5.75 Å². The number of phenols is 1. The molecule has 2 aliphatic carbocycles. The first-order chi connectivity index (χ1) is 14.7. The molecule has 0 amide bonds. The van der Waals surface area contributed by atoms with E-state index in [2.05, 4.69) is 95.3 Å². The van der Waals surface area contributed by atoms with Gasteiger partial charge in [0, 0.05) is 11.1 Å². The van der Waals surface area contributed by atoms with Crippen LogP contribution in [0.15, 0.2) is 60.7 Å². The molecule has 32 heavy (non-hydrogen) atoms. The molecule has 0 radical (unpaired) electrons. The van der Waals surface area contributed by atoms with Crippen molar-refractivity contribution >= 4 is 18.6 Å². The molecule has 2 aliphatic rings. The molecular weight excluding hydrogens is 471 g/mol. The van der Waals surface area contributed by atoms with Gasteiger partial charge in [0.25, 0.3) is 0 Å². The zero-order chi connectivity index (χ0) is 22.8. The molecule has 0 bridgehead atoms. The van der Waals surface area contributed by atoms with E-state index in [1.165, 1.54) is 23.1 Å². The zero-order valence-electron chi connectivity index (χ0n) is 20.0. The monoisotopic (exact) mass is 505 g/mol. The molecule has 0 spiro atoms. The Labute approximate surface area is 211 Å². The Morgan fingerprint density at radius 2 is 1.62 bits per heavy atom. The van der Waals surface area contributed by atoms with Gasteiger partial charge in [0.2, 0.25) is 0 Å². The third-order valence-electron chi connectivity index (χ3n) is 6.64. The molecule has 2 aromatic rings. The molecule has 4 atom stereocenters. The molecule has 0 aliphatic heterocycles. The predicted octanol–water partition coefficient (Wildman–Crippen LogP) is 8.97. The van der Waals surface area contributed by atoms with E-state index in [0.717, 1.165) is 11.1 Å². The summed E-state index contributed by atoms with van der Waals surface area (Å²) in [4.78, 5) is 0. The average molecular weight is 506 g/mol. The van der Waals surface area contributed by atoms with E-state index in [1.54, 1.807) is 0 Å². The number of aryl methyl sites for hydroxylation is 1. The maximum absolute atomic E-state index is 11.2. The Morgan fingerprint density at radius 3 is 2.28 bits per heavy atom. The van der Waals surface area contributed by atoms with E-state index in [0.29, 0.717) is 29.4 Å². The first-order valence-electron chi connectivity index (χ1n) is 10.9. The zero-order valence-corrected chi connectivity index (χ0v) is 23.1. The van der Waals surface area contributed by atoms with E-state index >= 15 is 0 Å². The second-order valence-corrected chi connectivity index (χ2v) is 12.4. The van der Waals surface area contributed by atoms with Gasteiger partial charge in [0.1, 0.15) is 5.75 Å². The van der Waals surface area contributed by atoms with Gasteiger partial charge in [0.05, 0.1) is 0 Å². The van der Waals surface area contributed by atoms with Gasteiger partial charge in [-0.15, -0.1) is 0 Å². The van der Waals surface area contributed by atoms with Gasteiger partial charge in [-0.2, -0.15) is 0 Å². The number of allylic oxidation sites excluding steroid dienone is 4. The molecule has 1 nitrogen and oxygen atoms in total. The summed E-state index contributed by atoms with van der Waals surface area (Å²) < 4.78 is 0. The normalized spacial score (nSPS) is 23.6. The van der Waals surface area contributed by atoms with Crippen LogP contribution in [0.4, 0.5) is 0 Å². The number of phenolic OH excluding ortho intramolecular Hbond substituents is 1. The van der Waals surface area contributed by atoms with Crippen LogP contribution in [0.3, 0.4) is 0 Å². The van der Waals surface area contributed by atoms with Crippen LogP contribution in [-0.4, -0.2) is 5.11 Å². The minimum absolute atomic E-state index is 0. The van der Waals surface area contributed by atoms with Crippen LogP contribution in [0.2, 0.25) is 0 Å². The van der Waals surface area contributed by atoms with Crippen molar-refractivity contribution in [2.45, 2.75) is 52.4 Å². The fourth-order valence-corrected chi connectivity index (χ4v) is 5.35. The van der Waals surface area contributed by atoms with Crippen molar-refractivity contribution in [3.8, 4) is 16.9 Å². The topological polar surface area (TPSA) is 20.2 Å². The van der Waals surface area contributed by atoms with Gasteiger partial charge in [-0.3, -0.25) is 0 Å². The van der Waals surface area contributed by atoms with E-state index in [-0.39, 0.29) is 12.8 Å². The molecule has 1 saturated carbocycles. The first kappa shape index (κ1) is 27.3. The molecule has 4 heteroatoms. The van der Waals surface area contributed by atoms with Gasteiger partial charge in [-0.25, -0.2) is 0 Å². The van der Waals surface area contributed by atoms with Gasteiger partial charge in [-0.05, 0) is 65.2 Å². The van der Waals surface area contributed by atoms with Gasteiger partial charge in [0.15, 0.2) is 0 Å². The summed E-state index contributed by atoms with van der Waals surface area (Å²) in [5.74, 6) is 2.73. The van der Waals surface area contributed by atoms with E-state index in [1.807, 2.05) is 0 Å². The Hall–Kier alpha value is -0.986. The van der Waals surface area contributed by atoms with Crippen molar-refractivity contribution in [3.63, 3.8) is 0 Å². The average Bonchev–Trinajstić information content (AvgIpc) is 3.05. The van der Waals surface area contributed by atoms with Gasteiger partial charge >= 0.3 is 35.6 Å². The molecule has 172 valence electrons. The van der Waals surface area contributed by atoms with Crippen molar-refractivity contribution in [2.75, 3.05) is 0 Å². The second kappa shape index (κ2) is 11.4. The van der Waals surface area contributed by atoms with Crippen LogP contribution in [0, 0.1) is 32.1 Å². The predicted molar refractivity (Wildman–Crippen MR) is 137 cm³/mol. The summed E-state index contributed by atoms with van der Waals surface area (Å²) in [7, 11) is 9.78. The molecule has 0 aromatic heterocycles. The van der Waals surface area contributed by atoms with E-state index in [9.17, 15) is 5.11 Å².